The molecule has 6 nitrogen and oxygen atoms in total. The molecule has 0 aliphatic heterocycles. The maximum atomic E-state index is 11.6. The molecule has 0 fully saturated rings. The van der Waals surface area contributed by atoms with Crippen LogP contribution in [0.25, 0.3) is 0 Å². The second-order valence-corrected chi connectivity index (χ2v) is 4.02. The van der Waals surface area contributed by atoms with Crippen LogP contribution in [-0.4, -0.2) is 19.3 Å². The minimum absolute atomic E-state index is 0.0871. The van der Waals surface area contributed by atoms with Crippen molar-refractivity contribution < 1.29 is 4.52 Å². The van der Waals surface area contributed by atoms with E-state index < -0.39 is 0 Å². The topological polar surface area (TPSA) is 65.8 Å². The van der Waals surface area contributed by atoms with Crippen LogP contribution in [0.15, 0.2) is 21.7 Å². The lowest BCUT2D eigenvalue weighted by Gasteiger charge is -1.95. The smallest absolute Gasteiger partial charge is 0.328 e. The Hall–Kier alpha value is -1.85. The third kappa shape index (κ3) is 1.91. The van der Waals surface area contributed by atoms with Crippen LogP contribution in [0.2, 0.25) is 0 Å². The maximum Gasteiger partial charge on any atom is 0.328 e. The number of nitrogens with zero attached hydrogens (tertiary/aromatic N) is 4. The highest BCUT2D eigenvalue weighted by molar-refractivity contribution is 4.93. The monoisotopic (exact) mass is 222 g/mol. The third-order valence-corrected chi connectivity index (χ3v) is 2.31. The molecule has 0 bridgehead atoms. The fourth-order valence-electron chi connectivity index (χ4n) is 1.35. The molecule has 86 valence electrons. The van der Waals surface area contributed by atoms with Crippen LogP contribution in [-0.2, 0) is 13.6 Å². The molecule has 0 N–H and O–H groups in total. The average molecular weight is 222 g/mol. The van der Waals surface area contributed by atoms with E-state index in [9.17, 15) is 4.79 Å². The molecular weight excluding hydrogens is 208 g/mol. The fraction of sp³-hybridized carbons (Fsp3) is 0.500. The summed E-state index contributed by atoms with van der Waals surface area (Å²) in [5, 5.41) is 3.83. The van der Waals surface area contributed by atoms with E-state index >= 15 is 0 Å². The van der Waals surface area contributed by atoms with Crippen molar-refractivity contribution in [1.82, 2.24) is 19.3 Å². The van der Waals surface area contributed by atoms with Gasteiger partial charge in [0.2, 0.25) is 5.89 Å². The Kier molecular flexibility index (Phi) is 2.64. The number of imidazole rings is 1. The van der Waals surface area contributed by atoms with Gasteiger partial charge in [-0.15, -0.1) is 0 Å². The van der Waals surface area contributed by atoms with Crippen molar-refractivity contribution in [2.75, 3.05) is 0 Å². The van der Waals surface area contributed by atoms with Crippen molar-refractivity contribution in [1.29, 1.82) is 0 Å². The first-order valence-corrected chi connectivity index (χ1v) is 5.12. The summed E-state index contributed by atoms with van der Waals surface area (Å²) in [7, 11) is 1.70. The molecule has 2 rings (SSSR count). The molecule has 0 atom stereocenters. The highest BCUT2D eigenvalue weighted by atomic mass is 16.5. The van der Waals surface area contributed by atoms with E-state index in [4.69, 9.17) is 4.52 Å². The molecule has 0 saturated carbocycles. The highest BCUT2D eigenvalue weighted by Gasteiger charge is 2.11. The molecule has 0 aromatic carbocycles. The van der Waals surface area contributed by atoms with Gasteiger partial charge < -0.3 is 9.09 Å². The van der Waals surface area contributed by atoms with E-state index in [0.29, 0.717) is 18.3 Å². The third-order valence-electron chi connectivity index (χ3n) is 2.31. The van der Waals surface area contributed by atoms with Crippen molar-refractivity contribution in [3.8, 4) is 0 Å². The molecule has 2 heterocycles. The van der Waals surface area contributed by atoms with Crippen molar-refractivity contribution in [2.24, 2.45) is 7.05 Å². The van der Waals surface area contributed by atoms with E-state index in [1.54, 1.807) is 19.4 Å². The summed E-state index contributed by atoms with van der Waals surface area (Å²) in [5.41, 5.74) is -0.0871. The number of aryl methyl sites for hydroxylation is 1. The molecule has 0 amide bonds. The van der Waals surface area contributed by atoms with Crippen LogP contribution in [0.3, 0.4) is 0 Å². The van der Waals surface area contributed by atoms with Crippen LogP contribution < -0.4 is 5.69 Å². The van der Waals surface area contributed by atoms with Crippen LogP contribution in [0, 0.1) is 0 Å². The molecule has 0 saturated heterocycles. The Bertz CT molecular complexity index is 535. The number of hydrogen-bond acceptors (Lipinski definition) is 4. The first kappa shape index (κ1) is 10.7. The van der Waals surface area contributed by atoms with Gasteiger partial charge in [-0.2, -0.15) is 4.98 Å². The van der Waals surface area contributed by atoms with E-state index in [0.717, 1.165) is 0 Å². The summed E-state index contributed by atoms with van der Waals surface area (Å²) < 4.78 is 8.10. The number of hydrogen-bond donors (Lipinski definition) is 0. The summed E-state index contributed by atoms with van der Waals surface area (Å²) >= 11 is 0. The first-order chi connectivity index (χ1) is 7.58. The Labute approximate surface area is 92.5 Å². The molecule has 0 spiro atoms. The molecule has 0 aliphatic rings. The summed E-state index contributed by atoms with van der Waals surface area (Å²) in [4.78, 5) is 15.8. The van der Waals surface area contributed by atoms with E-state index in [1.807, 2.05) is 13.8 Å². The van der Waals surface area contributed by atoms with Crippen LogP contribution in [0.5, 0.6) is 0 Å². The molecular formula is C10H14N4O2. The van der Waals surface area contributed by atoms with Crippen molar-refractivity contribution in [3.63, 3.8) is 0 Å². The maximum absolute atomic E-state index is 11.6. The Morgan fingerprint density at radius 3 is 2.69 bits per heavy atom. The second kappa shape index (κ2) is 3.96. The zero-order valence-corrected chi connectivity index (χ0v) is 9.54. The molecule has 2 aromatic rings. The lowest BCUT2D eigenvalue weighted by atomic mass is 10.2. The van der Waals surface area contributed by atoms with Gasteiger partial charge >= 0.3 is 5.69 Å². The van der Waals surface area contributed by atoms with Gasteiger partial charge in [-0.05, 0) is 0 Å². The zero-order valence-electron chi connectivity index (χ0n) is 9.54. The zero-order chi connectivity index (χ0) is 11.7. The minimum atomic E-state index is -0.0871. The van der Waals surface area contributed by atoms with E-state index in [1.165, 1.54) is 9.13 Å². The van der Waals surface area contributed by atoms with Crippen LogP contribution in [0.1, 0.15) is 31.5 Å². The summed E-state index contributed by atoms with van der Waals surface area (Å²) in [5.74, 6) is 1.32. The predicted molar refractivity (Wildman–Crippen MR) is 57.2 cm³/mol. The highest BCUT2D eigenvalue weighted by Crippen LogP contribution is 2.10. The van der Waals surface area contributed by atoms with Crippen LogP contribution in [0.4, 0.5) is 0 Å². The Morgan fingerprint density at radius 1 is 1.44 bits per heavy atom. The second-order valence-electron chi connectivity index (χ2n) is 4.02. The van der Waals surface area contributed by atoms with Crippen molar-refractivity contribution in [3.05, 3.63) is 34.6 Å². The minimum Gasteiger partial charge on any atom is -0.339 e. The molecule has 0 radical (unpaired) electrons. The van der Waals surface area contributed by atoms with Gasteiger partial charge in [0.1, 0.15) is 0 Å². The predicted octanol–water partition coefficient (Wildman–Crippen LogP) is 0.742. The van der Waals surface area contributed by atoms with Gasteiger partial charge in [0.15, 0.2) is 5.82 Å². The lowest BCUT2D eigenvalue weighted by Crippen LogP contribution is -2.22. The van der Waals surface area contributed by atoms with Gasteiger partial charge in [-0.25, -0.2) is 4.79 Å². The summed E-state index contributed by atoms with van der Waals surface area (Å²) in [6.07, 6.45) is 3.40. The van der Waals surface area contributed by atoms with Crippen LogP contribution >= 0.6 is 0 Å². The molecule has 2 aromatic heterocycles. The molecule has 16 heavy (non-hydrogen) atoms. The quantitative estimate of drug-likeness (QED) is 0.768. The first-order valence-electron chi connectivity index (χ1n) is 5.12. The van der Waals surface area contributed by atoms with Gasteiger partial charge in [-0.3, -0.25) is 4.57 Å². The van der Waals surface area contributed by atoms with E-state index in [2.05, 4.69) is 10.1 Å². The number of rotatable bonds is 3. The molecule has 0 aliphatic carbocycles. The number of aromatic nitrogens is 4. The largest absolute Gasteiger partial charge is 0.339 e. The molecule has 0 unspecified atom stereocenters. The Balaban J connectivity index is 2.21. The Morgan fingerprint density at radius 2 is 2.19 bits per heavy atom. The van der Waals surface area contributed by atoms with Gasteiger partial charge in [-0.1, -0.05) is 19.0 Å². The summed E-state index contributed by atoms with van der Waals surface area (Å²) in [6, 6.07) is 0. The molecule has 6 heteroatoms. The van der Waals surface area contributed by atoms with Gasteiger partial charge in [0, 0.05) is 25.4 Å². The lowest BCUT2D eigenvalue weighted by molar-refractivity contribution is 0.359. The van der Waals surface area contributed by atoms with Gasteiger partial charge in [0.25, 0.3) is 0 Å². The van der Waals surface area contributed by atoms with Crippen molar-refractivity contribution >= 4 is 0 Å². The normalized spacial score (nSPS) is 11.2. The fourth-order valence-corrected chi connectivity index (χ4v) is 1.35. The average Bonchev–Trinajstić information content (AvgIpc) is 2.81. The standard InChI is InChI=1S/C10H14N4O2/c1-7(2)9-11-8(12-16-9)6-14-5-4-13(3)10(14)15/h4-5,7H,6H2,1-3H3. The van der Waals surface area contributed by atoms with Crippen molar-refractivity contribution in [2.45, 2.75) is 26.3 Å². The van der Waals surface area contributed by atoms with E-state index in [-0.39, 0.29) is 11.6 Å². The summed E-state index contributed by atoms with van der Waals surface area (Å²) in [6.45, 7) is 4.30. The SMILES string of the molecule is CC(C)c1nc(Cn2ccn(C)c2=O)no1. The van der Waals surface area contributed by atoms with Gasteiger partial charge in [0.05, 0.1) is 6.54 Å².